The predicted molar refractivity (Wildman–Crippen MR) is 87.7 cm³/mol. The van der Waals surface area contributed by atoms with Crippen LogP contribution in [-0.2, 0) is 11.8 Å². The minimum absolute atomic E-state index is 0.183. The Morgan fingerprint density at radius 2 is 2.17 bits per heavy atom. The molecule has 1 atom stereocenters. The quantitative estimate of drug-likeness (QED) is 0.721. The van der Waals surface area contributed by atoms with Crippen LogP contribution in [0.5, 0.6) is 0 Å². The second kappa shape index (κ2) is 6.63. The number of fused-ring (bicyclic) bond motifs is 1. The fourth-order valence-corrected chi connectivity index (χ4v) is 2.50. The van der Waals surface area contributed by atoms with Gasteiger partial charge in [0.15, 0.2) is 5.69 Å². The highest BCUT2D eigenvalue weighted by Crippen LogP contribution is 2.13. The first-order valence-electron chi connectivity index (χ1n) is 7.37. The summed E-state index contributed by atoms with van der Waals surface area (Å²) in [5, 5.41) is 6.86. The summed E-state index contributed by atoms with van der Waals surface area (Å²) in [5.41, 5.74) is 1.18. The van der Waals surface area contributed by atoms with Crippen LogP contribution in [-0.4, -0.2) is 39.4 Å². The summed E-state index contributed by atoms with van der Waals surface area (Å²) >= 11 is 0. The molecule has 2 heterocycles. The molecule has 24 heavy (non-hydrogen) atoms. The lowest BCUT2D eigenvalue weighted by Crippen LogP contribution is -2.36. The highest BCUT2D eigenvalue weighted by Gasteiger charge is 2.21. The van der Waals surface area contributed by atoms with E-state index in [1.807, 2.05) is 0 Å². The van der Waals surface area contributed by atoms with E-state index in [4.69, 9.17) is 4.74 Å². The zero-order valence-electron chi connectivity index (χ0n) is 13.3. The molecule has 2 N–H and O–H groups in total. The third-order valence-corrected chi connectivity index (χ3v) is 3.67. The van der Waals surface area contributed by atoms with Gasteiger partial charge in [0.2, 0.25) is 0 Å². The fourth-order valence-electron chi connectivity index (χ4n) is 2.50. The molecular weight excluding hydrogens is 310 g/mol. The number of ether oxygens (including phenoxy) is 1. The number of H-pyrrole nitrogens is 1. The van der Waals surface area contributed by atoms with Crippen LogP contribution in [0.3, 0.4) is 0 Å². The van der Waals surface area contributed by atoms with Crippen LogP contribution in [0.15, 0.2) is 41.3 Å². The molecule has 0 bridgehead atoms. The number of carbonyl (C=O) groups excluding carboxylic acids is 1. The van der Waals surface area contributed by atoms with Crippen molar-refractivity contribution in [3.05, 3.63) is 58.3 Å². The molecule has 0 saturated carbocycles. The van der Waals surface area contributed by atoms with Gasteiger partial charge in [-0.1, -0.05) is 12.1 Å². The first-order valence-corrected chi connectivity index (χ1v) is 7.37. The van der Waals surface area contributed by atoms with Crippen molar-refractivity contribution in [2.75, 3.05) is 13.7 Å². The Morgan fingerprint density at radius 3 is 2.88 bits per heavy atom. The summed E-state index contributed by atoms with van der Waals surface area (Å²) < 4.78 is 6.80. The van der Waals surface area contributed by atoms with E-state index in [1.165, 1.54) is 7.11 Å². The van der Waals surface area contributed by atoms with E-state index in [-0.39, 0.29) is 12.3 Å². The molecule has 0 aliphatic heterocycles. The second-order valence-corrected chi connectivity index (χ2v) is 5.29. The molecule has 124 valence electrons. The van der Waals surface area contributed by atoms with Crippen LogP contribution in [0.2, 0.25) is 0 Å². The van der Waals surface area contributed by atoms with Gasteiger partial charge in [0.25, 0.3) is 11.5 Å². The number of aromatic amines is 1. The number of benzene rings is 1. The summed E-state index contributed by atoms with van der Waals surface area (Å²) in [7, 11) is 3.31. The fraction of sp³-hybridized carbons (Fsp3) is 0.250. The Bertz CT molecular complexity index is 931. The Hall–Kier alpha value is -3.00. The van der Waals surface area contributed by atoms with Crippen LogP contribution in [0.1, 0.15) is 22.2 Å². The molecular formula is C16H17N5O3. The summed E-state index contributed by atoms with van der Waals surface area (Å²) in [4.78, 5) is 31.5. The van der Waals surface area contributed by atoms with Crippen molar-refractivity contribution >= 4 is 16.9 Å². The number of methoxy groups -OCH3 is 1. The number of hydrogen-bond acceptors (Lipinski definition) is 5. The summed E-state index contributed by atoms with van der Waals surface area (Å²) in [6, 6.07) is 8.38. The van der Waals surface area contributed by atoms with E-state index in [0.717, 1.165) is 5.69 Å². The number of nitrogens with one attached hydrogen (secondary N) is 2. The minimum Gasteiger partial charge on any atom is -0.382 e. The van der Waals surface area contributed by atoms with E-state index < -0.39 is 17.5 Å². The van der Waals surface area contributed by atoms with Crippen molar-refractivity contribution in [2.45, 2.75) is 6.04 Å². The maximum absolute atomic E-state index is 12.5. The predicted octanol–water partition coefficient (Wildman–Crippen LogP) is 0.774. The lowest BCUT2D eigenvalue weighted by Gasteiger charge is -2.17. The lowest BCUT2D eigenvalue weighted by molar-refractivity contribution is 0.0886. The van der Waals surface area contributed by atoms with E-state index in [0.29, 0.717) is 11.0 Å². The molecule has 0 saturated heterocycles. The Balaban J connectivity index is 1.92. The molecule has 1 aromatic carbocycles. The molecule has 0 fully saturated rings. The zero-order valence-corrected chi connectivity index (χ0v) is 13.3. The number of nitrogens with zero attached hydrogens (tertiary/aromatic N) is 3. The SMILES string of the molecule is COC[C@H](NC(=O)c1nc2ccccc2[nH]c1=O)c1ccnn1C. The average Bonchev–Trinajstić information content (AvgIpc) is 2.99. The standard InChI is InChI=1S/C16H17N5O3/c1-21-13(7-8-17-21)12(9-24-2)20-16(23)14-15(22)19-11-6-4-3-5-10(11)18-14/h3-8,12H,9H2,1-2H3,(H,19,22)(H,20,23)/t12-/m0/s1. The smallest absolute Gasteiger partial charge is 0.280 e. The van der Waals surface area contributed by atoms with Gasteiger partial charge in [-0.3, -0.25) is 14.3 Å². The highest BCUT2D eigenvalue weighted by atomic mass is 16.5. The maximum atomic E-state index is 12.5. The number of rotatable bonds is 5. The van der Waals surface area contributed by atoms with E-state index in [2.05, 4.69) is 20.4 Å². The van der Waals surface area contributed by atoms with Gasteiger partial charge < -0.3 is 15.0 Å². The number of hydrogen-bond donors (Lipinski definition) is 2. The molecule has 8 nitrogen and oxygen atoms in total. The van der Waals surface area contributed by atoms with E-state index in [1.54, 1.807) is 48.3 Å². The summed E-state index contributed by atoms with van der Waals surface area (Å²) in [5.74, 6) is -0.565. The third-order valence-electron chi connectivity index (χ3n) is 3.67. The van der Waals surface area contributed by atoms with Crippen molar-refractivity contribution in [3.8, 4) is 0 Å². The normalized spacial score (nSPS) is 12.2. The largest absolute Gasteiger partial charge is 0.382 e. The number of aryl methyl sites for hydroxylation is 1. The molecule has 0 spiro atoms. The molecule has 0 radical (unpaired) electrons. The van der Waals surface area contributed by atoms with Crippen molar-refractivity contribution < 1.29 is 9.53 Å². The summed E-state index contributed by atoms with van der Waals surface area (Å²) in [6.45, 7) is 0.247. The molecule has 0 aliphatic carbocycles. The molecule has 0 aliphatic rings. The Morgan fingerprint density at radius 1 is 1.38 bits per heavy atom. The van der Waals surface area contributed by atoms with Crippen LogP contribution in [0.25, 0.3) is 11.0 Å². The van der Waals surface area contributed by atoms with Gasteiger partial charge >= 0.3 is 0 Å². The first-order chi connectivity index (χ1) is 11.6. The van der Waals surface area contributed by atoms with E-state index in [9.17, 15) is 9.59 Å². The first kappa shape index (κ1) is 15.9. The van der Waals surface area contributed by atoms with Gasteiger partial charge in [-0.2, -0.15) is 5.10 Å². The number of para-hydroxylation sites is 2. The van der Waals surface area contributed by atoms with Gasteiger partial charge in [-0.15, -0.1) is 0 Å². The lowest BCUT2D eigenvalue weighted by atomic mass is 10.2. The van der Waals surface area contributed by atoms with Crippen LogP contribution >= 0.6 is 0 Å². The van der Waals surface area contributed by atoms with Gasteiger partial charge in [0.1, 0.15) is 0 Å². The van der Waals surface area contributed by atoms with Crippen molar-refractivity contribution in [1.82, 2.24) is 25.1 Å². The Labute approximate surface area is 137 Å². The Kier molecular flexibility index (Phi) is 4.39. The monoisotopic (exact) mass is 327 g/mol. The number of carbonyl (C=O) groups is 1. The molecule has 1 amide bonds. The summed E-state index contributed by atoms with van der Waals surface area (Å²) in [6.07, 6.45) is 1.63. The average molecular weight is 327 g/mol. The number of aromatic nitrogens is 4. The zero-order chi connectivity index (χ0) is 17.1. The van der Waals surface area contributed by atoms with Crippen LogP contribution in [0, 0.1) is 0 Å². The minimum atomic E-state index is -0.565. The van der Waals surface area contributed by atoms with Gasteiger partial charge in [-0.05, 0) is 18.2 Å². The second-order valence-electron chi connectivity index (χ2n) is 5.29. The van der Waals surface area contributed by atoms with Crippen molar-refractivity contribution in [1.29, 1.82) is 0 Å². The molecule has 8 heteroatoms. The highest BCUT2D eigenvalue weighted by molar-refractivity contribution is 5.93. The number of amides is 1. The van der Waals surface area contributed by atoms with E-state index >= 15 is 0 Å². The van der Waals surface area contributed by atoms with Crippen LogP contribution < -0.4 is 10.9 Å². The van der Waals surface area contributed by atoms with Crippen molar-refractivity contribution in [2.24, 2.45) is 7.05 Å². The maximum Gasteiger partial charge on any atom is 0.280 e. The molecule has 0 unspecified atom stereocenters. The molecule has 2 aromatic heterocycles. The van der Waals surface area contributed by atoms with Gasteiger partial charge in [0.05, 0.1) is 29.4 Å². The topological polar surface area (TPSA) is 102 Å². The van der Waals surface area contributed by atoms with Crippen LogP contribution in [0.4, 0.5) is 0 Å². The molecule has 3 aromatic rings. The van der Waals surface area contributed by atoms with Gasteiger partial charge in [0, 0.05) is 20.4 Å². The molecule has 3 rings (SSSR count). The van der Waals surface area contributed by atoms with Crippen molar-refractivity contribution in [3.63, 3.8) is 0 Å². The third kappa shape index (κ3) is 3.04. The van der Waals surface area contributed by atoms with Gasteiger partial charge in [-0.25, -0.2) is 4.98 Å².